The second kappa shape index (κ2) is 4.78. The van der Waals surface area contributed by atoms with Crippen LogP contribution in [0.4, 0.5) is 5.69 Å². The standard InChI is InChI=1S/C9H10N2S/c10-6-5-8-1-3-9(4-2-8)11-7-12/h1-4H,5-6,10H2. The summed E-state index contributed by atoms with van der Waals surface area (Å²) in [6, 6.07) is 7.81. The second-order valence-corrected chi connectivity index (χ2v) is 2.59. The van der Waals surface area contributed by atoms with Crippen molar-refractivity contribution in [3.63, 3.8) is 0 Å². The van der Waals surface area contributed by atoms with Crippen molar-refractivity contribution in [1.82, 2.24) is 0 Å². The van der Waals surface area contributed by atoms with Crippen molar-refractivity contribution in [3.8, 4) is 0 Å². The van der Waals surface area contributed by atoms with Crippen LogP contribution in [0.15, 0.2) is 29.3 Å². The first-order valence-corrected chi connectivity index (χ1v) is 4.14. The van der Waals surface area contributed by atoms with Gasteiger partial charge in [0.1, 0.15) is 0 Å². The molecule has 0 unspecified atom stereocenters. The molecule has 0 fully saturated rings. The molecule has 0 aromatic heterocycles. The van der Waals surface area contributed by atoms with E-state index in [-0.39, 0.29) is 0 Å². The highest BCUT2D eigenvalue weighted by Gasteiger charge is 1.90. The third-order valence-corrected chi connectivity index (χ3v) is 1.64. The molecule has 0 aliphatic carbocycles. The van der Waals surface area contributed by atoms with Gasteiger partial charge in [-0.2, -0.15) is 4.99 Å². The largest absolute Gasteiger partial charge is 0.330 e. The highest BCUT2D eigenvalue weighted by atomic mass is 32.1. The quantitative estimate of drug-likeness (QED) is 0.567. The topological polar surface area (TPSA) is 38.4 Å². The molecule has 0 saturated carbocycles. The van der Waals surface area contributed by atoms with E-state index in [9.17, 15) is 0 Å². The van der Waals surface area contributed by atoms with Crippen LogP contribution < -0.4 is 5.73 Å². The van der Waals surface area contributed by atoms with E-state index in [4.69, 9.17) is 5.73 Å². The average Bonchev–Trinajstić information content (AvgIpc) is 2.09. The predicted octanol–water partition coefficient (Wildman–Crippen LogP) is 1.92. The summed E-state index contributed by atoms with van der Waals surface area (Å²) in [5.74, 6) is 0. The van der Waals surface area contributed by atoms with E-state index in [1.165, 1.54) is 5.56 Å². The molecule has 0 atom stereocenters. The van der Waals surface area contributed by atoms with Crippen LogP contribution in [0.1, 0.15) is 5.56 Å². The third-order valence-electron chi connectivity index (χ3n) is 1.54. The summed E-state index contributed by atoms with van der Waals surface area (Å²) in [6.07, 6.45) is 0.904. The molecule has 62 valence electrons. The Morgan fingerprint density at radius 3 is 2.50 bits per heavy atom. The number of nitrogens with zero attached hydrogens (tertiary/aromatic N) is 1. The van der Waals surface area contributed by atoms with Crippen molar-refractivity contribution in [2.24, 2.45) is 10.7 Å². The summed E-state index contributed by atoms with van der Waals surface area (Å²) >= 11 is 4.48. The highest BCUT2D eigenvalue weighted by molar-refractivity contribution is 7.78. The maximum absolute atomic E-state index is 5.40. The summed E-state index contributed by atoms with van der Waals surface area (Å²) < 4.78 is 0. The fourth-order valence-corrected chi connectivity index (χ4v) is 1.06. The molecule has 0 aliphatic rings. The number of nitrogens with two attached hydrogens (primary N) is 1. The van der Waals surface area contributed by atoms with Crippen molar-refractivity contribution in [1.29, 1.82) is 0 Å². The van der Waals surface area contributed by atoms with E-state index in [0.717, 1.165) is 12.1 Å². The Balaban J connectivity index is 2.77. The average molecular weight is 178 g/mol. The van der Waals surface area contributed by atoms with E-state index in [1.54, 1.807) is 0 Å². The van der Waals surface area contributed by atoms with Gasteiger partial charge < -0.3 is 5.73 Å². The first-order valence-electron chi connectivity index (χ1n) is 3.73. The van der Waals surface area contributed by atoms with Crippen LogP contribution in [0.25, 0.3) is 0 Å². The minimum Gasteiger partial charge on any atom is -0.330 e. The summed E-state index contributed by atoms with van der Waals surface area (Å²) in [4.78, 5) is 3.84. The molecular formula is C9H10N2S. The number of hydrogen-bond acceptors (Lipinski definition) is 3. The molecule has 0 saturated heterocycles. The van der Waals surface area contributed by atoms with Crippen molar-refractivity contribution >= 4 is 23.1 Å². The monoisotopic (exact) mass is 178 g/mol. The number of aliphatic imine (C=N–C) groups is 1. The Labute approximate surface area is 77.1 Å². The molecule has 1 aromatic carbocycles. The van der Waals surface area contributed by atoms with Crippen LogP contribution >= 0.6 is 12.2 Å². The first kappa shape index (κ1) is 9.07. The summed E-state index contributed by atoms with van der Waals surface area (Å²) in [5.41, 5.74) is 7.47. The van der Waals surface area contributed by atoms with Crippen molar-refractivity contribution < 1.29 is 0 Å². The molecule has 0 spiro atoms. The number of rotatable bonds is 3. The lowest BCUT2D eigenvalue weighted by Gasteiger charge is -1.97. The van der Waals surface area contributed by atoms with Crippen LogP contribution in [0, 0.1) is 0 Å². The van der Waals surface area contributed by atoms with E-state index in [1.807, 2.05) is 24.3 Å². The van der Waals surface area contributed by atoms with Crippen LogP contribution in [-0.4, -0.2) is 11.7 Å². The Kier molecular flexibility index (Phi) is 3.61. The second-order valence-electron chi connectivity index (χ2n) is 2.41. The maximum atomic E-state index is 5.40. The molecule has 12 heavy (non-hydrogen) atoms. The van der Waals surface area contributed by atoms with E-state index < -0.39 is 0 Å². The zero-order valence-corrected chi connectivity index (χ0v) is 7.47. The minimum absolute atomic E-state index is 0.676. The van der Waals surface area contributed by atoms with E-state index >= 15 is 0 Å². The molecular weight excluding hydrogens is 168 g/mol. The lowest BCUT2D eigenvalue weighted by Crippen LogP contribution is -2.01. The molecule has 2 N–H and O–H groups in total. The summed E-state index contributed by atoms with van der Waals surface area (Å²) in [7, 11) is 0. The summed E-state index contributed by atoms with van der Waals surface area (Å²) in [6.45, 7) is 0.676. The SMILES string of the molecule is NCCc1ccc(N=C=S)cc1. The van der Waals surface area contributed by atoms with Gasteiger partial charge in [0, 0.05) is 0 Å². The fraction of sp³-hybridized carbons (Fsp3) is 0.222. The van der Waals surface area contributed by atoms with E-state index in [0.29, 0.717) is 6.54 Å². The molecule has 1 aromatic rings. The number of hydrogen-bond donors (Lipinski definition) is 1. The Morgan fingerprint density at radius 1 is 1.33 bits per heavy atom. The van der Waals surface area contributed by atoms with Crippen LogP contribution in [0.2, 0.25) is 0 Å². The van der Waals surface area contributed by atoms with Gasteiger partial charge in [-0.25, -0.2) is 0 Å². The maximum Gasteiger partial charge on any atom is 0.0739 e. The zero-order chi connectivity index (χ0) is 8.81. The lowest BCUT2D eigenvalue weighted by atomic mass is 10.1. The molecule has 0 bridgehead atoms. The van der Waals surface area contributed by atoms with Gasteiger partial charge in [-0.15, -0.1) is 0 Å². The molecule has 0 aliphatic heterocycles. The Morgan fingerprint density at radius 2 is 2.00 bits per heavy atom. The molecule has 1 rings (SSSR count). The molecule has 3 heteroatoms. The normalized spacial score (nSPS) is 9.08. The van der Waals surface area contributed by atoms with Crippen molar-refractivity contribution in [2.45, 2.75) is 6.42 Å². The van der Waals surface area contributed by atoms with Gasteiger partial charge >= 0.3 is 0 Å². The Bertz CT molecular complexity index is 286. The predicted molar refractivity (Wildman–Crippen MR) is 53.9 cm³/mol. The van der Waals surface area contributed by atoms with Gasteiger partial charge in [-0.3, -0.25) is 0 Å². The van der Waals surface area contributed by atoms with Gasteiger partial charge in [-0.05, 0) is 42.9 Å². The van der Waals surface area contributed by atoms with Gasteiger partial charge in [0.05, 0.1) is 10.8 Å². The fourth-order valence-electron chi connectivity index (χ4n) is 0.957. The van der Waals surface area contributed by atoms with Gasteiger partial charge in [0.25, 0.3) is 0 Å². The van der Waals surface area contributed by atoms with Gasteiger partial charge in [-0.1, -0.05) is 12.1 Å². The first-order chi connectivity index (χ1) is 5.86. The van der Waals surface area contributed by atoms with Crippen LogP contribution in [-0.2, 0) is 6.42 Å². The number of thiocarbonyl (C=S) groups is 1. The van der Waals surface area contributed by atoms with Crippen molar-refractivity contribution in [3.05, 3.63) is 29.8 Å². The minimum atomic E-state index is 0.676. The lowest BCUT2D eigenvalue weighted by molar-refractivity contribution is 0.969. The smallest absolute Gasteiger partial charge is 0.0739 e. The zero-order valence-electron chi connectivity index (χ0n) is 6.66. The van der Waals surface area contributed by atoms with E-state index in [2.05, 4.69) is 22.4 Å². The van der Waals surface area contributed by atoms with Gasteiger partial charge in [0.15, 0.2) is 0 Å². The third kappa shape index (κ3) is 2.55. The molecule has 2 nitrogen and oxygen atoms in total. The Hall–Kier alpha value is -1.02. The van der Waals surface area contributed by atoms with Crippen LogP contribution in [0.3, 0.4) is 0 Å². The number of benzene rings is 1. The molecule has 0 radical (unpaired) electrons. The van der Waals surface area contributed by atoms with Crippen LogP contribution in [0.5, 0.6) is 0 Å². The molecule has 0 heterocycles. The van der Waals surface area contributed by atoms with Crippen molar-refractivity contribution in [2.75, 3.05) is 6.54 Å². The van der Waals surface area contributed by atoms with Gasteiger partial charge in [0.2, 0.25) is 0 Å². The highest BCUT2D eigenvalue weighted by Crippen LogP contribution is 2.11. The molecule has 0 amide bonds. The number of isothiocyanates is 1. The summed E-state index contributed by atoms with van der Waals surface area (Å²) in [5, 5.41) is 2.32.